The number of rotatable bonds is 2. The molecule has 0 atom stereocenters. The zero-order valence-electron chi connectivity index (χ0n) is 11.9. The smallest absolute Gasteiger partial charge is 0.243 e. The Bertz CT molecular complexity index is 695. The van der Waals surface area contributed by atoms with Gasteiger partial charge in [-0.2, -0.15) is 5.10 Å². The number of hydrogen-bond acceptors (Lipinski definition) is 5. The Labute approximate surface area is 126 Å². The molecular weight excluding hydrogens is 287 g/mol. The van der Waals surface area contributed by atoms with Crippen LogP contribution in [0, 0.1) is 19.7 Å². The van der Waals surface area contributed by atoms with Crippen LogP contribution in [0.1, 0.15) is 23.4 Å². The van der Waals surface area contributed by atoms with E-state index in [-0.39, 0.29) is 5.82 Å². The van der Waals surface area contributed by atoms with E-state index in [0.717, 1.165) is 39.7 Å². The van der Waals surface area contributed by atoms with Gasteiger partial charge in [0.2, 0.25) is 5.95 Å². The third-order valence-electron chi connectivity index (χ3n) is 3.12. The summed E-state index contributed by atoms with van der Waals surface area (Å²) in [6, 6.07) is 6.72. The molecule has 0 radical (unpaired) electrons. The number of thioether (sulfide) groups is 1. The van der Waals surface area contributed by atoms with Gasteiger partial charge in [-0.3, -0.25) is 0 Å². The maximum absolute atomic E-state index is 13.4. The molecule has 0 aliphatic carbocycles. The summed E-state index contributed by atoms with van der Waals surface area (Å²) in [6.45, 7) is 3.82. The third kappa shape index (κ3) is 3.21. The molecule has 108 valence electrons. The van der Waals surface area contributed by atoms with E-state index in [2.05, 4.69) is 20.5 Å². The molecule has 0 bridgehead atoms. The summed E-state index contributed by atoms with van der Waals surface area (Å²) in [5.74, 6) is 1.16. The highest BCUT2D eigenvalue weighted by Crippen LogP contribution is 2.30. The molecule has 1 aliphatic rings. The van der Waals surface area contributed by atoms with E-state index in [4.69, 9.17) is 0 Å². The van der Waals surface area contributed by atoms with E-state index >= 15 is 0 Å². The number of nitrogens with zero attached hydrogens (tertiary/aromatic N) is 3. The highest BCUT2D eigenvalue weighted by molar-refractivity contribution is 7.99. The highest BCUT2D eigenvalue weighted by atomic mass is 32.2. The Kier molecular flexibility index (Phi) is 3.88. The van der Waals surface area contributed by atoms with Gasteiger partial charge >= 0.3 is 0 Å². The van der Waals surface area contributed by atoms with Gasteiger partial charge in [0.25, 0.3) is 0 Å². The molecule has 0 saturated carbocycles. The molecule has 0 spiro atoms. The van der Waals surface area contributed by atoms with Crippen molar-refractivity contribution in [2.45, 2.75) is 25.2 Å². The summed E-state index contributed by atoms with van der Waals surface area (Å²) in [6.07, 6.45) is 0.791. The fourth-order valence-corrected chi connectivity index (χ4v) is 3.27. The van der Waals surface area contributed by atoms with Crippen molar-refractivity contribution in [3.63, 3.8) is 0 Å². The predicted molar refractivity (Wildman–Crippen MR) is 83.4 cm³/mol. The van der Waals surface area contributed by atoms with Crippen molar-refractivity contribution >= 4 is 23.4 Å². The lowest BCUT2D eigenvalue weighted by molar-refractivity contribution is 0.626. The van der Waals surface area contributed by atoms with Crippen molar-refractivity contribution in [1.29, 1.82) is 0 Å². The van der Waals surface area contributed by atoms with Gasteiger partial charge in [0.05, 0.1) is 5.71 Å². The van der Waals surface area contributed by atoms with Crippen LogP contribution in [-0.4, -0.2) is 21.4 Å². The Morgan fingerprint density at radius 3 is 2.71 bits per heavy atom. The highest BCUT2D eigenvalue weighted by Gasteiger charge is 2.17. The zero-order chi connectivity index (χ0) is 14.8. The van der Waals surface area contributed by atoms with Crippen LogP contribution >= 0.6 is 11.8 Å². The maximum atomic E-state index is 13.4. The van der Waals surface area contributed by atoms with E-state index in [0.29, 0.717) is 5.95 Å². The second-order valence-electron chi connectivity index (χ2n) is 4.88. The van der Waals surface area contributed by atoms with Crippen molar-refractivity contribution in [1.82, 2.24) is 9.97 Å². The first-order chi connectivity index (χ1) is 10.1. The normalized spacial score (nSPS) is 15.9. The molecule has 21 heavy (non-hydrogen) atoms. The van der Waals surface area contributed by atoms with E-state index in [1.165, 1.54) is 12.1 Å². The number of fused-ring (bicyclic) bond motifs is 1. The first kappa shape index (κ1) is 14.0. The summed E-state index contributed by atoms with van der Waals surface area (Å²) in [4.78, 5) is 9.63. The zero-order valence-corrected chi connectivity index (χ0v) is 12.7. The van der Waals surface area contributed by atoms with Crippen LogP contribution in [0.25, 0.3) is 0 Å². The van der Waals surface area contributed by atoms with Crippen LogP contribution in [0.4, 0.5) is 10.3 Å². The van der Waals surface area contributed by atoms with Crippen LogP contribution in [0.5, 0.6) is 0 Å². The fourth-order valence-electron chi connectivity index (χ4n) is 2.26. The Hall–Kier alpha value is -1.95. The Morgan fingerprint density at radius 1 is 1.19 bits per heavy atom. The lowest BCUT2D eigenvalue weighted by Crippen LogP contribution is -2.13. The minimum Gasteiger partial charge on any atom is -0.245 e. The third-order valence-corrected chi connectivity index (χ3v) is 4.20. The van der Waals surface area contributed by atoms with Gasteiger partial charge in [-0.25, -0.2) is 19.8 Å². The first-order valence-corrected chi connectivity index (χ1v) is 7.68. The molecule has 2 aromatic rings. The molecule has 6 heteroatoms. The van der Waals surface area contributed by atoms with Crippen LogP contribution in [-0.2, 0) is 0 Å². The summed E-state index contributed by atoms with van der Waals surface area (Å²) in [7, 11) is 0. The number of halogens is 1. The number of benzene rings is 1. The minimum atomic E-state index is -0.244. The molecule has 1 aliphatic heterocycles. The van der Waals surface area contributed by atoms with Crippen molar-refractivity contribution in [2.24, 2.45) is 5.10 Å². The molecule has 0 unspecified atom stereocenters. The van der Waals surface area contributed by atoms with Crippen molar-refractivity contribution in [3.05, 3.63) is 47.0 Å². The molecule has 0 saturated heterocycles. The van der Waals surface area contributed by atoms with Crippen LogP contribution in [0.3, 0.4) is 0 Å². The number of nitrogens with one attached hydrogen (secondary N) is 1. The van der Waals surface area contributed by atoms with Crippen molar-refractivity contribution in [3.8, 4) is 0 Å². The quantitative estimate of drug-likeness (QED) is 0.862. The molecule has 0 amide bonds. The van der Waals surface area contributed by atoms with Crippen LogP contribution < -0.4 is 5.43 Å². The molecule has 0 fully saturated rings. The summed E-state index contributed by atoms with van der Waals surface area (Å²) >= 11 is 1.72. The standard InChI is InChI=1S/C15H15FN4S/c1-9-7-10(2)18-15(17-9)20-19-13-5-6-21-14-4-3-11(16)8-12(13)14/h3-4,7-8H,5-6H2,1-2H3,(H,17,18,20). The van der Waals surface area contributed by atoms with E-state index in [1.807, 2.05) is 19.9 Å². The van der Waals surface area contributed by atoms with Crippen molar-refractivity contribution in [2.75, 3.05) is 11.2 Å². The van der Waals surface area contributed by atoms with E-state index in [1.54, 1.807) is 17.8 Å². The minimum absolute atomic E-state index is 0.244. The second kappa shape index (κ2) is 5.81. The monoisotopic (exact) mass is 302 g/mol. The fraction of sp³-hybridized carbons (Fsp3) is 0.267. The molecule has 2 heterocycles. The summed E-state index contributed by atoms with van der Waals surface area (Å²) in [5, 5.41) is 4.38. The topological polar surface area (TPSA) is 50.2 Å². The van der Waals surface area contributed by atoms with Gasteiger partial charge in [0.1, 0.15) is 5.82 Å². The van der Waals surface area contributed by atoms with Crippen LogP contribution in [0.2, 0.25) is 0 Å². The van der Waals surface area contributed by atoms with Gasteiger partial charge in [-0.1, -0.05) is 0 Å². The average Bonchev–Trinajstić information content (AvgIpc) is 2.44. The van der Waals surface area contributed by atoms with Gasteiger partial charge in [0, 0.05) is 34.0 Å². The molecule has 4 nitrogen and oxygen atoms in total. The first-order valence-electron chi connectivity index (χ1n) is 6.69. The largest absolute Gasteiger partial charge is 0.245 e. The van der Waals surface area contributed by atoms with Crippen LogP contribution in [0.15, 0.2) is 34.3 Å². The predicted octanol–water partition coefficient (Wildman–Crippen LogP) is 3.54. The molecule has 1 aromatic carbocycles. The lowest BCUT2D eigenvalue weighted by Gasteiger charge is -2.17. The van der Waals surface area contributed by atoms with Gasteiger partial charge < -0.3 is 0 Å². The molecular formula is C15H15FN4S. The number of anilines is 1. The Morgan fingerprint density at radius 2 is 1.95 bits per heavy atom. The number of hydrogen-bond donors (Lipinski definition) is 1. The SMILES string of the molecule is Cc1cc(C)nc(NN=C2CCSc3ccc(F)cc32)n1. The van der Waals surface area contributed by atoms with Gasteiger partial charge in [0.15, 0.2) is 0 Å². The molecule has 1 N–H and O–H groups in total. The van der Waals surface area contributed by atoms with Crippen molar-refractivity contribution < 1.29 is 4.39 Å². The number of hydrazone groups is 1. The van der Waals surface area contributed by atoms with E-state index in [9.17, 15) is 4.39 Å². The summed E-state index contributed by atoms with van der Waals surface area (Å²) in [5.41, 5.74) is 6.35. The number of aryl methyl sites for hydroxylation is 2. The molecule has 3 rings (SSSR count). The molecule has 1 aromatic heterocycles. The maximum Gasteiger partial charge on any atom is 0.243 e. The number of aromatic nitrogens is 2. The van der Waals surface area contributed by atoms with E-state index < -0.39 is 0 Å². The second-order valence-corrected chi connectivity index (χ2v) is 6.02. The van der Waals surface area contributed by atoms with Gasteiger partial charge in [-0.05, 0) is 38.1 Å². The summed E-state index contributed by atoms with van der Waals surface area (Å²) < 4.78 is 13.4. The average molecular weight is 302 g/mol. The Balaban J connectivity index is 1.89. The van der Waals surface area contributed by atoms with Gasteiger partial charge in [-0.15, -0.1) is 11.8 Å². The lowest BCUT2D eigenvalue weighted by atomic mass is 10.1.